The zero-order valence-corrected chi connectivity index (χ0v) is 18.7. The second-order valence-electron chi connectivity index (χ2n) is 7.35. The van der Waals surface area contributed by atoms with Crippen molar-refractivity contribution in [1.82, 2.24) is 20.1 Å². The van der Waals surface area contributed by atoms with Crippen LogP contribution >= 0.6 is 35.0 Å². The first kappa shape index (κ1) is 21.5. The molecule has 1 aromatic heterocycles. The SMILES string of the molecule is Cc1nnc(SC(C)C(=O)NC(C)c2ccc(Cl)cc2Cl)n1C1CCCCC1. The fourth-order valence-electron chi connectivity index (χ4n) is 3.66. The summed E-state index contributed by atoms with van der Waals surface area (Å²) in [5.41, 5.74) is 0.845. The number of nitrogens with zero attached hydrogens (tertiary/aromatic N) is 3. The van der Waals surface area contributed by atoms with Crippen molar-refractivity contribution < 1.29 is 4.79 Å². The largest absolute Gasteiger partial charge is 0.349 e. The van der Waals surface area contributed by atoms with Crippen LogP contribution in [0.5, 0.6) is 0 Å². The molecule has 0 radical (unpaired) electrons. The Kier molecular flexibility index (Phi) is 7.29. The van der Waals surface area contributed by atoms with Gasteiger partial charge < -0.3 is 9.88 Å². The average molecular weight is 441 g/mol. The number of benzene rings is 1. The molecule has 8 heteroatoms. The molecule has 0 saturated heterocycles. The molecule has 1 N–H and O–H groups in total. The van der Waals surface area contributed by atoms with Gasteiger partial charge in [-0.1, -0.05) is 60.3 Å². The molecule has 0 spiro atoms. The molecule has 1 amide bonds. The topological polar surface area (TPSA) is 59.8 Å². The Balaban J connectivity index is 1.66. The van der Waals surface area contributed by atoms with Crippen molar-refractivity contribution in [3.05, 3.63) is 39.6 Å². The highest BCUT2D eigenvalue weighted by molar-refractivity contribution is 8.00. The summed E-state index contributed by atoms with van der Waals surface area (Å²) in [4.78, 5) is 12.7. The van der Waals surface area contributed by atoms with Gasteiger partial charge in [0.25, 0.3) is 0 Å². The van der Waals surface area contributed by atoms with Crippen LogP contribution in [0.3, 0.4) is 0 Å². The summed E-state index contributed by atoms with van der Waals surface area (Å²) in [5.74, 6) is 0.864. The van der Waals surface area contributed by atoms with E-state index in [-0.39, 0.29) is 17.2 Å². The number of rotatable bonds is 6. The first-order valence-electron chi connectivity index (χ1n) is 9.70. The number of hydrogen-bond acceptors (Lipinski definition) is 4. The predicted octanol–water partition coefficient (Wildman–Crippen LogP) is 5.76. The lowest BCUT2D eigenvalue weighted by Gasteiger charge is -2.25. The van der Waals surface area contributed by atoms with Gasteiger partial charge in [-0.05, 0) is 51.3 Å². The van der Waals surface area contributed by atoms with Crippen LogP contribution in [0.25, 0.3) is 0 Å². The molecule has 1 aliphatic rings. The van der Waals surface area contributed by atoms with Gasteiger partial charge in [0.15, 0.2) is 5.16 Å². The number of hydrogen-bond donors (Lipinski definition) is 1. The smallest absolute Gasteiger partial charge is 0.233 e. The second-order valence-corrected chi connectivity index (χ2v) is 9.50. The van der Waals surface area contributed by atoms with Crippen LogP contribution in [-0.2, 0) is 4.79 Å². The highest BCUT2D eigenvalue weighted by atomic mass is 35.5. The summed E-state index contributed by atoms with van der Waals surface area (Å²) >= 11 is 13.7. The minimum absolute atomic E-state index is 0.0561. The molecular formula is C20H26Cl2N4OS. The normalized spacial score (nSPS) is 17.3. The molecule has 1 aliphatic carbocycles. The van der Waals surface area contributed by atoms with Crippen molar-refractivity contribution in [3.63, 3.8) is 0 Å². The van der Waals surface area contributed by atoms with E-state index in [1.165, 1.54) is 31.0 Å². The summed E-state index contributed by atoms with van der Waals surface area (Å²) < 4.78 is 2.22. The summed E-state index contributed by atoms with van der Waals surface area (Å²) in [6.07, 6.45) is 6.08. The fraction of sp³-hybridized carbons (Fsp3) is 0.550. The highest BCUT2D eigenvalue weighted by Crippen LogP contribution is 2.34. The number of aryl methyl sites for hydroxylation is 1. The predicted molar refractivity (Wildman–Crippen MR) is 115 cm³/mol. The van der Waals surface area contributed by atoms with E-state index in [0.29, 0.717) is 16.1 Å². The fourth-order valence-corrected chi connectivity index (χ4v) is 5.21. The molecule has 0 bridgehead atoms. The van der Waals surface area contributed by atoms with Crippen molar-refractivity contribution >= 4 is 40.9 Å². The number of thioether (sulfide) groups is 1. The van der Waals surface area contributed by atoms with E-state index >= 15 is 0 Å². The minimum atomic E-state index is -0.292. The molecule has 2 unspecified atom stereocenters. The highest BCUT2D eigenvalue weighted by Gasteiger charge is 2.25. The van der Waals surface area contributed by atoms with Crippen molar-refractivity contribution in [1.29, 1.82) is 0 Å². The monoisotopic (exact) mass is 440 g/mol. The molecule has 2 atom stereocenters. The van der Waals surface area contributed by atoms with E-state index in [1.807, 2.05) is 26.8 Å². The lowest BCUT2D eigenvalue weighted by molar-refractivity contribution is -0.120. The molecule has 5 nitrogen and oxygen atoms in total. The maximum atomic E-state index is 12.7. The van der Waals surface area contributed by atoms with Gasteiger partial charge >= 0.3 is 0 Å². The van der Waals surface area contributed by atoms with Gasteiger partial charge in [0.1, 0.15) is 5.82 Å². The Morgan fingerprint density at radius 1 is 1.21 bits per heavy atom. The van der Waals surface area contributed by atoms with Gasteiger partial charge in [-0.25, -0.2) is 0 Å². The zero-order chi connectivity index (χ0) is 20.3. The number of amides is 1. The van der Waals surface area contributed by atoms with Gasteiger partial charge in [0.05, 0.1) is 11.3 Å². The number of nitrogens with one attached hydrogen (secondary N) is 1. The summed E-state index contributed by atoms with van der Waals surface area (Å²) in [6, 6.07) is 5.54. The third kappa shape index (κ3) is 5.02. The molecule has 28 heavy (non-hydrogen) atoms. The Bertz CT molecular complexity index is 836. The first-order chi connectivity index (χ1) is 13.4. The molecule has 3 rings (SSSR count). The quantitative estimate of drug-likeness (QED) is 0.580. The van der Waals surface area contributed by atoms with E-state index in [4.69, 9.17) is 23.2 Å². The van der Waals surface area contributed by atoms with Crippen molar-refractivity contribution in [2.45, 2.75) is 75.4 Å². The Labute approximate surface area is 180 Å². The van der Waals surface area contributed by atoms with Crippen molar-refractivity contribution in [3.8, 4) is 0 Å². The molecule has 152 valence electrons. The third-order valence-electron chi connectivity index (χ3n) is 5.21. The molecule has 2 aromatic rings. The van der Waals surface area contributed by atoms with Gasteiger partial charge in [-0.15, -0.1) is 10.2 Å². The number of carbonyl (C=O) groups excluding carboxylic acids is 1. The van der Waals surface area contributed by atoms with Crippen LogP contribution in [0, 0.1) is 6.92 Å². The van der Waals surface area contributed by atoms with Crippen LogP contribution in [0.2, 0.25) is 10.0 Å². The molecule has 0 aliphatic heterocycles. The van der Waals surface area contributed by atoms with Gasteiger partial charge in [-0.2, -0.15) is 0 Å². The van der Waals surface area contributed by atoms with Gasteiger partial charge in [0.2, 0.25) is 5.91 Å². The van der Waals surface area contributed by atoms with E-state index in [2.05, 4.69) is 20.1 Å². The van der Waals surface area contributed by atoms with Crippen LogP contribution in [0.15, 0.2) is 23.4 Å². The molecule has 1 aromatic carbocycles. The Morgan fingerprint density at radius 3 is 2.61 bits per heavy atom. The standard InChI is InChI=1S/C20H26Cl2N4OS/c1-12(17-10-9-15(21)11-18(17)22)23-19(27)13(2)28-20-25-24-14(3)26(20)16-7-5-4-6-8-16/h9-13,16H,4-8H2,1-3H3,(H,23,27). The van der Waals surface area contributed by atoms with E-state index < -0.39 is 0 Å². The van der Waals surface area contributed by atoms with Crippen molar-refractivity contribution in [2.75, 3.05) is 0 Å². The van der Waals surface area contributed by atoms with E-state index in [0.717, 1.165) is 29.4 Å². The van der Waals surface area contributed by atoms with Crippen LogP contribution in [-0.4, -0.2) is 25.9 Å². The average Bonchev–Trinajstić information content (AvgIpc) is 3.02. The Hall–Kier alpha value is -1.24. The van der Waals surface area contributed by atoms with Crippen LogP contribution in [0.1, 0.15) is 69.4 Å². The lowest BCUT2D eigenvalue weighted by atomic mass is 9.95. The number of aromatic nitrogens is 3. The molecule has 1 saturated carbocycles. The summed E-state index contributed by atoms with van der Waals surface area (Å²) in [7, 11) is 0. The van der Waals surface area contributed by atoms with Crippen LogP contribution in [0.4, 0.5) is 0 Å². The zero-order valence-electron chi connectivity index (χ0n) is 16.4. The third-order valence-corrected chi connectivity index (χ3v) is 6.83. The number of carbonyl (C=O) groups is 1. The van der Waals surface area contributed by atoms with Crippen molar-refractivity contribution in [2.24, 2.45) is 0 Å². The maximum absolute atomic E-state index is 12.7. The summed E-state index contributed by atoms with van der Waals surface area (Å²) in [6.45, 7) is 5.80. The lowest BCUT2D eigenvalue weighted by Crippen LogP contribution is -2.33. The maximum Gasteiger partial charge on any atom is 0.233 e. The minimum Gasteiger partial charge on any atom is -0.349 e. The molecule has 1 heterocycles. The van der Waals surface area contributed by atoms with E-state index in [9.17, 15) is 4.79 Å². The van der Waals surface area contributed by atoms with Gasteiger partial charge in [0, 0.05) is 16.1 Å². The summed E-state index contributed by atoms with van der Waals surface area (Å²) in [5, 5.41) is 13.3. The van der Waals surface area contributed by atoms with Crippen LogP contribution < -0.4 is 5.32 Å². The Morgan fingerprint density at radius 2 is 1.93 bits per heavy atom. The molecular weight excluding hydrogens is 415 g/mol. The first-order valence-corrected chi connectivity index (χ1v) is 11.3. The van der Waals surface area contributed by atoms with E-state index in [1.54, 1.807) is 12.1 Å². The number of halogens is 2. The van der Waals surface area contributed by atoms with Gasteiger partial charge in [-0.3, -0.25) is 4.79 Å². The molecule has 1 fully saturated rings. The second kappa shape index (κ2) is 9.51.